The molecular weight excluding hydrogens is 278 g/mol. The summed E-state index contributed by atoms with van der Waals surface area (Å²) in [4.78, 5) is 12.3. The molecule has 0 aliphatic carbocycles. The molecule has 0 saturated carbocycles. The first-order valence-corrected chi connectivity index (χ1v) is 7.11. The second-order valence-electron chi connectivity index (χ2n) is 5.18. The molecule has 2 aromatic carbocycles. The summed E-state index contributed by atoms with van der Waals surface area (Å²) in [6.45, 7) is 4.33. The van der Waals surface area contributed by atoms with Crippen molar-refractivity contribution in [3.8, 4) is 11.5 Å². The SMILES string of the molecule is COc1ccc(OC)c(CNC(=O)c2ccc(C)cc2C)c1. The zero-order chi connectivity index (χ0) is 16.1. The number of hydrogen-bond acceptors (Lipinski definition) is 3. The maximum absolute atomic E-state index is 12.3. The molecule has 0 atom stereocenters. The van der Waals surface area contributed by atoms with E-state index in [1.54, 1.807) is 14.2 Å². The van der Waals surface area contributed by atoms with Crippen LogP contribution in [0.4, 0.5) is 0 Å². The lowest BCUT2D eigenvalue weighted by Crippen LogP contribution is -2.24. The lowest BCUT2D eigenvalue weighted by Gasteiger charge is -2.12. The predicted molar refractivity (Wildman–Crippen MR) is 86.6 cm³/mol. The van der Waals surface area contributed by atoms with E-state index >= 15 is 0 Å². The van der Waals surface area contributed by atoms with Gasteiger partial charge >= 0.3 is 0 Å². The summed E-state index contributed by atoms with van der Waals surface area (Å²) in [5, 5.41) is 2.93. The van der Waals surface area contributed by atoms with E-state index < -0.39 is 0 Å². The largest absolute Gasteiger partial charge is 0.497 e. The molecule has 0 saturated heterocycles. The van der Waals surface area contributed by atoms with Crippen LogP contribution in [-0.2, 0) is 6.54 Å². The molecule has 0 unspecified atom stereocenters. The van der Waals surface area contributed by atoms with Crippen LogP contribution in [0.1, 0.15) is 27.0 Å². The predicted octanol–water partition coefficient (Wildman–Crippen LogP) is 3.25. The molecule has 0 radical (unpaired) electrons. The van der Waals surface area contributed by atoms with Crippen LogP contribution in [0.5, 0.6) is 11.5 Å². The molecule has 0 aliphatic heterocycles. The van der Waals surface area contributed by atoms with Gasteiger partial charge < -0.3 is 14.8 Å². The minimum atomic E-state index is -0.0950. The molecule has 2 aromatic rings. The second kappa shape index (κ2) is 6.98. The molecular formula is C18H21NO3. The fourth-order valence-corrected chi connectivity index (χ4v) is 2.36. The highest BCUT2D eigenvalue weighted by Crippen LogP contribution is 2.23. The van der Waals surface area contributed by atoms with Gasteiger partial charge in [0, 0.05) is 17.7 Å². The van der Waals surface area contributed by atoms with E-state index in [4.69, 9.17) is 9.47 Å². The van der Waals surface area contributed by atoms with Crippen molar-refractivity contribution >= 4 is 5.91 Å². The van der Waals surface area contributed by atoms with Gasteiger partial charge in [-0.05, 0) is 43.7 Å². The van der Waals surface area contributed by atoms with Crippen LogP contribution in [0.2, 0.25) is 0 Å². The molecule has 116 valence electrons. The number of benzene rings is 2. The lowest BCUT2D eigenvalue weighted by atomic mass is 10.1. The minimum Gasteiger partial charge on any atom is -0.497 e. The number of carbonyl (C=O) groups excluding carboxylic acids is 1. The number of ether oxygens (including phenoxy) is 2. The van der Waals surface area contributed by atoms with E-state index in [0.29, 0.717) is 12.1 Å². The quantitative estimate of drug-likeness (QED) is 0.922. The Morgan fingerprint density at radius 2 is 1.82 bits per heavy atom. The summed E-state index contributed by atoms with van der Waals surface area (Å²) in [7, 11) is 3.22. The molecule has 22 heavy (non-hydrogen) atoms. The third kappa shape index (κ3) is 3.58. The van der Waals surface area contributed by atoms with E-state index in [1.165, 1.54) is 0 Å². The van der Waals surface area contributed by atoms with Gasteiger partial charge in [-0.15, -0.1) is 0 Å². The van der Waals surface area contributed by atoms with Crippen LogP contribution in [0.25, 0.3) is 0 Å². The zero-order valence-electron chi connectivity index (χ0n) is 13.4. The molecule has 1 amide bonds. The van der Waals surface area contributed by atoms with Gasteiger partial charge in [-0.3, -0.25) is 4.79 Å². The summed E-state index contributed by atoms with van der Waals surface area (Å²) < 4.78 is 10.5. The van der Waals surface area contributed by atoms with Crippen molar-refractivity contribution in [3.63, 3.8) is 0 Å². The molecule has 0 fully saturated rings. The third-order valence-electron chi connectivity index (χ3n) is 3.55. The first-order valence-electron chi connectivity index (χ1n) is 7.11. The smallest absolute Gasteiger partial charge is 0.251 e. The molecule has 0 aliphatic rings. The summed E-state index contributed by atoms with van der Waals surface area (Å²) in [5.74, 6) is 1.36. The Hall–Kier alpha value is -2.49. The van der Waals surface area contributed by atoms with Crippen molar-refractivity contribution in [2.24, 2.45) is 0 Å². The number of rotatable bonds is 5. The standard InChI is InChI=1S/C18H21NO3/c1-12-5-7-16(13(2)9-12)18(20)19-11-14-10-15(21-3)6-8-17(14)22-4/h5-10H,11H2,1-4H3,(H,19,20). The van der Waals surface area contributed by atoms with E-state index in [-0.39, 0.29) is 5.91 Å². The minimum absolute atomic E-state index is 0.0950. The van der Waals surface area contributed by atoms with Crippen molar-refractivity contribution in [1.29, 1.82) is 0 Å². The van der Waals surface area contributed by atoms with Gasteiger partial charge in [-0.1, -0.05) is 17.7 Å². The van der Waals surface area contributed by atoms with E-state index in [0.717, 1.165) is 28.2 Å². The molecule has 0 bridgehead atoms. The van der Waals surface area contributed by atoms with Gasteiger partial charge in [0.2, 0.25) is 0 Å². The molecule has 2 rings (SSSR count). The number of nitrogens with one attached hydrogen (secondary N) is 1. The van der Waals surface area contributed by atoms with Crippen LogP contribution in [0, 0.1) is 13.8 Å². The summed E-state index contributed by atoms with van der Waals surface area (Å²) in [5.41, 5.74) is 3.67. The number of aryl methyl sites for hydroxylation is 2. The van der Waals surface area contributed by atoms with Crippen LogP contribution >= 0.6 is 0 Å². The van der Waals surface area contributed by atoms with Gasteiger partial charge in [0.05, 0.1) is 14.2 Å². The molecule has 4 heteroatoms. The highest BCUT2D eigenvalue weighted by Gasteiger charge is 2.11. The van der Waals surface area contributed by atoms with Gasteiger partial charge in [0.1, 0.15) is 11.5 Å². The summed E-state index contributed by atoms with van der Waals surface area (Å²) in [6, 6.07) is 11.3. The topological polar surface area (TPSA) is 47.6 Å². The molecule has 0 heterocycles. The fraction of sp³-hybridized carbons (Fsp3) is 0.278. The normalized spacial score (nSPS) is 10.2. The Balaban J connectivity index is 2.13. The summed E-state index contributed by atoms with van der Waals surface area (Å²) in [6.07, 6.45) is 0. The summed E-state index contributed by atoms with van der Waals surface area (Å²) >= 11 is 0. The van der Waals surface area contributed by atoms with Crippen molar-refractivity contribution in [3.05, 3.63) is 58.7 Å². The van der Waals surface area contributed by atoms with Crippen LogP contribution in [0.15, 0.2) is 36.4 Å². The zero-order valence-corrected chi connectivity index (χ0v) is 13.4. The highest BCUT2D eigenvalue weighted by atomic mass is 16.5. The maximum atomic E-state index is 12.3. The molecule has 4 nitrogen and oxygen atoms in total. The van der Waals surface area contributed by atoms with E-state index in [2.05, 4.69) is 5.32 Å². The fourth-order valence-electron chi connectivity index (χ4n) is 2.36. The molecule has 0 aromatic heterocycles. The first-order chi connectivity index (χ1) is 10.5. The number of amides is 1. The van der Waals surface area contributed by atoms with Crippen molar-refractivity contribution in [2.45, 2.75) is 20.4 Å². The van der Waals surface area contributed by atoms with Crippen LogP contribution < -0.4 is 14.8 Å². The molecule has 1 N–H and O–H groups in total. The maximum Gasteiger partial charge on any atom is 0.251 e. The Labute approximate surface area is 131 Å². The van der Waals surface area contributed by atoms with Crippen molar-refractivity contribution in [2.75, 3.05) is 14.2 Å². The second-order valence-corrected chi connectivity index (χ2v) is 5.18. The van der Waals surface area contributed by atoms with Crippen molar-refractivity contribution < 1.29 is 14.3 Å². The van der Waals surface area contributed by atoms with E-state index in [9.17, 15) is 4.79 Å². The van der Waals surface area contributed by atoms with E-state index in [1.807, 2.05) is 50.2 Å². The Kier molecular flexibility index (Phi) is 5.04. The van der Waals surface area contributed by atoms with Crippen LogP contribution in [0.3, 0.4) is 0 Å². The average molecular weight is 299 g/mol. The molecule has 0 spiro atoms. The third-order valence-corrected chi connectivity index (χ3v) is 3.55. The number of carbonyl (C=O) groups is 1. The Morgan fingerprint density at radius 3 is 2.45 bits per heavy atom. The Bertz CT molecular complexity index is 680. The monoisotopic (exact) mass is 299 g/mol. The van der Waals surface area contributed by atoms with Crippen LogP contribution in [-0.4, -0.2) is 20.1 Å². The van der Waals surface area contributed by atoms with Crippen molar-refractivity contribution in [1.82, 2.24) is 5.32 Å². The first kappa shape index (κ1) is 15.9. The average Bonchev–Trinajstić information content (AvgIpc) is 2.52. The lowest BCUT2D eigenvalue weighted by molar-refractivity contribution is 0.0950. The van der Waals surface area contributed by atoms with Gasteiger partial charge in [-0.25, -0.2) is 0 Å². The highest BCUT2D eigenvalue weighted by molar-refractivity contribution is 5.95. The van der Waals surface area contributed by atoms with Gasteiger partial charge in [-0.2, -0.15) is 0 Å². The number of methoxy groups -OCH3 is 2. The van der Waals surface area contributed by atoms with Gasteiger partial charge in [0.25, 0.3) is 5.91 Å². The Morgan fingerprint density at radius 1 is 1.05 bits per heavy atom. The number of hydrogen-bond donors (Lipinski definition) is 1. The van der Waals surface area contributed by atoms with Gasteiger partial charge in [0.15, 0.2) is 0 Å².